The first kappa shape index (κ1) is 21.5. The number of benzene rings is 1. The highest BCUT2D eigenvalue weighted by atomic mass is 35.5. The quantitative estimate of drug-likeness (QED) is 0.296. The molecule has 2 aromatic heterocycles. The van der Waals surface area contributed by atoms with Gasteiger partial charge in [-0.3, -0.25) is 4.79 Å². The SMILES string of the molecule is CCOCOc1ccc2nc(-c3ccc(N(C)C(=O)C(C)(C)C)c(Cl)n3)sc2c1. The van der Waals surface area contributed by atoms with Gasteiger partial charge in [-0.05, 0) is 37.3 Å². The number of hydrogen-bond acceptors (Lipinski definition) is 6. The van der Waals surface area contributed by atoms with Crippen LogP contribution in [0.3, 0.4) is 0 Å². The first-order valence-corrected chi connectivity index (χ1v) is 10.5. The van der Waals surface area contributed by atoms with E-state index in [1.165, 1.54) is 11.3 Å². The third-order valence-corrected chi connectivity index (χ3v) is 5.55. The maximum absolute atomic E-state index is 12.5. The third-order valence-electron chi connectivity index (χ3n) is 4.23. The second kappa shape index (κ2) is 8.65. The summed E-state index contributed by atoms with van der Waals surface area (Å²) in [5.41, 5.74) is 1.58. The standard InChI is InChI=1S/C21H24ClN3O3S/c1-6-27-12-28-13-7-8-14-17(11-13)29-19(24-14)15-9-10-16(18(22)23-15)25(5)20(26)21(2,3)4/h7-11H,6,12H2,1-5H3. The van der Waals surface area contributed by atoms with Crippen LogP contribution in [0.5, 0.6) is 5.75 Å². The van der Waals surface area contributed by atoms with Gasteiger partial charge in [0.05, 0.1) is 15.9 Å². The smallest absolute Gasteiger partial charge is 0.232 e. The summed E-state index contributed by atoms with van der Waals surface area (Å²) in [6.07, 6.45) is 0. The molecule has 0 radical (unpaired) electrons. The molecule has 3 rings (SSSR count). The summed E-state index contributed by atoms with van der Waals surface area (Å²) in [4.78, 5) is 23.2. The number of ether oxygens (including phenoxy) is 2. The molecule has 0 saturated carbocycles. The Balaban J connectivity index is 1.86. The number of carbonyl (C=O) groups excluding carboxylic acids is 1. The molecule has 0 aliphatic rings. The van der Waals surface area contributed by atoms with Gasteiger partial charge in [-0.15, -0.1) is 11.3 Å². The average Bonchev–Trinajstić information content (AvgIpc) is 3.09. The molecule has 6 nitrogen and oxygen atoms in total. The van der Waals surface area contributed by atoms with Gasteiger partial charge in [-0.1, -0.05) is 32.4 Å². The molecule has 3 aromatic rings. The summed E-state index contributed by atoms with van der Waals surface area (Å²) in [6.45, 7) is 8.35. The molecule has 0 N–H and O–H groups in total. The minimum atomic E-state index is -0.508. The topological polar surface area (TPSA) is 64.6 Å². The second-order valence-corrected chi connectivity index (χ2v) is 8.91. The van der Waals surface area contributed by atoms with E-state index in [0.717, 1.165) is 21.0 Å². The molecule has 154 valence electrons. The lowest BCUT2D eigenvalue weighted by Gasteiger charge is -2.26. The molecular weight excluding hydrogens is 410 g/mol. The maximum Gasteiger partial charge on any atom is 0.232 e. The van der Waals surface area contributed by atoms with Gasteiger partial charge in [0.25, 0.3) is 0 Å². The molecule has 0 atom stereocenters. The van der Waals surface area contributed by atoms with Gasteiger partial charge in [0.15, 0.2) is 11.9 Å². The molecule has 0 fully saturated rings. The molecule has 0 aliphatic heterocycles. The van der Waals surface area contributed by atoms with Gasteiger partial charge >= 0.3 is 0 Å². The van der Waals surface area contributed by atoms with Crippen molar-refractivity contribution in [1.82, 2.24) is 9.97 Å². The van der Waals surface area contributed by atoms with Gasteiger partial charge < -0.3 is 14.4 Å². The zero-order valence-electron chi connectivity index (χ0n) is 17.2. The van der Waals surface area contributed by atoms with Crippen molar-refractivity contribution in [3.63, 3.8) is 0 Å². The number of aromatic nitrogens is 2. The van der Waals surface area contributed by atoms with Crippen molar-refractivity contribution in [3.05, 3.63) is 35.5 Å². The lowest BCUT2D eigenvalue weighted by atomic mass is 9.95. The molecule has 1 amide bonds. The molecular formula is C21H24ClN3O3S. The van der Waals surface area contributed by atoms with Gasteiger partial charge in [0.2, 0.25) is 5.91 Å². The first-order valence-electron chi connectivity index (χ1n) is 9.27. The van der Waals surface area contributed by atoms with Crippen LogP contribution in [0.25, 0.3) is 20.9 Å². The highest BCUT2D eigenvalue weighted by molar-refractivity contribution is 7.21. The first-order chi connectivity index (χ1) is 13.7. The number of hydrogen-bond donors (Lipinski definition) is 0. The van der Waals surface area contributed by atoms with Crippen molar-refractivity contribution in [2.75, 3.05) is 25.3 Å². The van der Waals surface area contributed by atoms with E-state index in [-0.39, 0.29) is 17.9 Å². The van der Waals surface area contributed by atoms with Crippen LogP contribution >= 0.6 is 22.9 Å². The van der Waals surface area contributed by atoms with Crippen molar-refractivity contribution in [2.24, 2.45) is 5.41 Å². The molecule has 1 aromatic carbocycles. The Hall–Kier alpha value is -2.22. The van der Waals surface area contributed by atoms with Crippen molar-refractivity contribution in [3.8, 4) is 16.5 Å². The van der Waals surface area contributed by atoms with Crippen LogP contribution in [0.2, 0.25) is 5.15 Å². The Kier molecular flexibility index (Phi) is 6.41. The minimum Gasteiger partial charge on any atom is -0.468 e. The highest BCUT2D eigenvalue weighted by Gasteiger charge is 2.27. The van der Waals surface area contributed by atoms with Crippen LogP contribution in [0.4, 0.5) is 5.69 Å². The number of nitrogens with zero attached hydrogens (tertiary/aromatic N) is 3. The molecule has 0 bridgehead atoms. The molecule has 0 spiro atoms. The number of fused-ring (bicyclic) bond motifs is 1. The average molecular weight is 434 g/mol. The summed E-state index contributed by atoms with van der Waals surface area (Å²) in [5.74, 6) is 0.693. The zero-order chi connectivity index (χ0) is 21.2. The summed E-state index contributed by atoms with van der Waals surface area (Å²) >= 11 is 7.90. The predicted molar refractivity (Wildman–Crippen MR) is 118 cm³/mol. The predicted octanol–water partition coefficient (Wildman–Crippen LogP) is 5.39. The van der Waals surface area contributed by atoms with E-state index in [1.807, 2.05) is 52.0 Å². The normalized spacial score (nSPS) is 11.7. The second-order valence-electron chi connectivity index (χ2n) is 7.52. The van der Waals surface area contributed by atoms with Crippen LogP contribution < -0.4 is 9.64 Å². The van der Waals surface area contributed by atoms with Gasteiger partial charge in [-0.25, -0.2) is 9.97 Å². The molecule has 0 saturated heterocycles. The lowest BCUT2D eigenvalue weighted by Crippen LogP contribution is -2.36. The number of anilines is 1. The van der Waals surface area contributed by atoms with Crippen LogP contribution in [0, 0.1) is 5.41 Å². The van der Waals surface area contributed by atoms with Crippen molar-refractivity contribution in [1.29, 1.82) is 0 Å². The van der Waals surface area contributed by atoms with Crippen molar-refractivity contribution in [2.45, 2.75) is 27.7 Å². The highest BCUT2D eigenvalue weighted by Crippen LogP contribution is 2.34. The molecule has 2 heterocycles. The number of thiazole rings is 1. The minimum absolute atomic E-state index is 0.0338. The van der Waals surface area contributed by atoms with E-state index in [1.54, 1.807) is 18.0 Å². The van der Waals surface area contributed by atoms with Crippen LogP contribution in [-0.4, -0.2) is 36.3 Å². The van der Waals surface area contributed by atoms with E-state index in [2.05, 4.69) is 9.97 Å². The van der Waals surface area contributed by atoms with Gasteiger partial charge in [-0.2, -0.15) is 0 Å². The number of amides is 1. The summed E-state index contributed by atoms with van der Waals surface area (Å²) in [5, 5.41) is 1.02. The molecule has 0 aliphatic carbocycles. The lowest BCUT2D eigenvalue weighted by molar-refractivity contribution is -0.125. The Morgan fingerprint density at radius 3 is 2.62 bits per heavy atom. The van der Waals surface area contributed by atoms with Gasteiger partial charge in [0.1, 0.15) is 16.5 Å². The summed E-state index contributed by atoms with van der Waals surface area (Å²) in [6, 6.07) is 9.33. The molecule has 0 unspecified atom stereocenters. The Bertz CT molecular complexity index is 1030. The monoisotopic (exact) mass is 433 g/mol. The summed E-state index contributed by atoms with van der Waals surface area (Å²) in [7, 11) is 1.71. The van der Waals surface area contributed by atoms with Crippen LogP contribution in [0.15, 0.2) is 30.3 Å². The van der Waals surface area contributed by atoms with Gasteiger partial charge in [0, 0.05) is 19.1 Å². The largest absolute Gasteiger partial charge is 0.468 e. The molecule has 29 heavy (non-hydrogen) atoms. The fraction of sp³-hybridized carbons (Fsp3) is 0.381. The van der Waals surface area contributed by atoms with E-state index < -0.39 is 5.41 Å². The Morgan fingerprint density at radius 1 is 1.21 bits per heavy atom. The number of pyridine rings is 1. The molecule has 8 heteroatoms. The number of halogens is 1. The summed E-state index contributed by atoms with van der Waals surface area (Å²) < 4.78 is 11.8. The van der Waals surface area contributed by atoms with E-state index in [4.69, 9.17) is 21.1 Å². The third kappa shape index (κ3) is 4.86. The fourth-order valence-electron chi connectivity index (χ4n) is 2.71. The number of rotatable bonds is 6. The van der Waals surface area contributed by atoms with E-state index in [0.29, 0.717) is 18.0 Å². The van der Waals surface area contributed by atoms with Crippen molar-refractivity contribution < 1.29 is 14.3 Å². The zero-order valence-corrected chi connectivity index (χ0v) is 18.7. The van der Waals surface area contributed by atoms with Crippen LogP contribution in [-0.2, 0) is 9.53 Å². The fourth-order valence-corrected chi connectivity index (χ4v) is 3.95. The number of carbonyl (C=O) groups is 1. The van der Waals surface area contributed by atoms with E-state index in [9.17, 15) is 4.79 Å². The van der Waals surface area contributed by atoms with Crippen molar-refractivity contribution >= 4 is 44.7 Å². The van der Waals surface area contributed by atoms with Crippen LogP contribution in [0.1, 0.15) is 27.7 Å². The Labute approximate surface area is 179 Å². The Morgan fingerprint density at radius 2 is 1.97 bits per heavy atom. The van der Waals surface area contributed by atoms with E-state index >= 15 is 0 Å². The maximum atomic E-state index is 12.5.